The molecule has 0 aromatic heterocycles. The topological polar surface area (TPSA) is 23.5 Å². The summed E-state index contributed by atoms with van der Waals surface area (Å²) in [4.78, 5) is 3.99. The molecule has 0 radical (unpaired) electrons. The second-order valence-electron chi connectivity index (χ2n) is 5.14. The van der Waals surface area contributed by atoms with E-state index < -0.39 is 0 Å². The summed E-state index contributed by atoms with van der Waals surface area (Å²) in [6.07, 6.45) is 1.16. The van der Waals surface area contributed by atoms with E-state index in [4.69, 9.17) is 0 Å². The van der Waals surface area contributed by atoms with Crippen LogP contribution in [-0.4, -0.2) is 42.0 Å². The van der Waals surface area contributed by atoms with Crippen molar-refractivity contribution < 1.29 is 5.11 Å². The van der Waals surface area contributed by atoms with Crippen LogP contribution in [0.5, 0.6) is 0 Å². The van der Waals surface area contributed by atoms with Gasteiger partial charge in [0.25, 0.3) is 0 Å². The average molecular weight is 249 g/mol. The number of aliphatic hydroxyl groups is 1. The Morgan fingerprint density at radius 1 is 1.35 bits per heavy atom. The molecular formula is C14H19NOS. The maximum absolute atomic E-state index is 9.17. The molecule has 2 unspecified atom stereocenters. The molecule has 1 fully saturated rings. The molecule has 2 atom stereocenters. The van der Waals surface area contributed by atoms with E-state index >= 15 is 0 Å². The van der Waals surface area contributed by atoms with Gasteiger partial charge in [-0.15, -0.1) is 11.8 Å². The summed E-state index contributed by atoms with van der Waals surface area (Å²) in [6, 6.07) is 8.80. The van der Waals surface area contributed by atoms with Gasteiger partial charge in [-0.1, -0.05) is 18.2 Å². The van der Waals surface area contributed by atoms with Crippen molar-refractivity contribution >= 4 is 11.8 Å². The van der Waals surface area contributed by atoms with Crippen molar-refractivity contribution in [3.8, 4) is 0 Å². The second kappa shape index (κ2) is 5.01. The molecule has 3 rings (SSSR count). The minimum Gasteiger partial charge on any atom is -0.396 e. The Kier molecular flexibility index (Phi) is 3.41. The zero-order chi connectivity index (χ0) is 11.7. The molecule has 1 aromatic carbocycles. The van der Waals surface area contributed by atoms with Crippen molar-refractivity contribution in [2.75, 3.05) is 32.0 Å². The van der Waals surface area contributed by atoms with Crippen molar-refractivity contribution in [1.82, 2.24) is 4.90 Å². The van der Waals surface area contributed by atoms with Gasteiger partial charge in [0.05, 0.1) is 0 Å². The highest BCUT2D eigenvalue weighted by Crippen LogP contribution is 2.40. The fourth-order valence-electron chi connectivity index (χ4n) is 2.92. The number of hydrogen-bond donors (Lipinski definition) is 1. The highest BCUT2D eigenvalue weighted by atomic mass is 32.2. The van der Waals surface area contributed by atoms with Crippen LogP contribution in [0.2, 0.25) is 0 Å². The van der Waals surface area contributed by atoms with Gasteiger partial charge in [0.15, 0.2) is 0 Å². The Labute approximate surface area is 107 Å². The molecule has 0 amide bonds. The molecule has 1 aromatic rings. The molecule has 2 aliphatic heterocycles. The van der Waals surface area contributed by atoms with E-state index in [1.54, 1.807) is 0 Å². The van der Waals surface area contributed by atoms with Crippen LogP contribution in [0.25, 0.3) is 0 Å². The Balaban J connectivity index is 1.64. The Morgan fingerprint density at radius 3 is 3.06 bits per heavy atom. The van der Waals surface area contributed by atoms with E-state index in [-0.39, 0.29) is 0 Å². The van der Waals surface area contributed by atoms with E-state index in [2.05, 4.69) is 29.2 Å². The molecule has 3 heteroatoms. The van der Waals surface area contributed by atoms with Crippen molar-refractivity contribution in [2.45, 2.75) is 17.2 Å². The van der Waals surface area contributed by atoms with Crippen molar-refractivity contribution in [3.05, 3.63) is 29.8 Å². The van der Waals surface area contributed by atoms with Crippen LogP contribution in [0.1, 0.15) is 17.9 Å². The van der Waals surface area contributed by atoms with Gasteiger partial charge in [-0.3, -0.25) is 0 Å². The predicted molar refractivity (Wildman–Crippen MR) is 71.5 cm³/mol. The molecule has 1 saturated heterocycles. The summed E-state index contributed by atoms with van der Waals surface area (Å²) in [6.45, 7) is 3.77. The number of benzene rings is 1. The number of likely N-dealkylation sites (tertiary alicyclic amines) is 1. The SMILES string of the molecule is OCC1CCN(CC2CSc3ccccc32)C1. The number of thioether (sulfide) groups is 1. The maximum atomic E-state index is 9.17. The molecule has 2 nitrogen and oxygen atoms in total. The summed E-state index contributed by atoms with van der Waals surface area (Å²) in [5.74, 6) is 2.42. The van der Waals surface area contributed by atoms with Crippen LogP contribution >= 0.6 is 11.8 Å². The fraction of sp³-hybridized carbons (Fsp3) is 0.571. The van der Waals surface area contributed by atoms with Crippen LogP contribution < -0.4 is 0 Å². The Hall–Kier alpha value is -0.510. The Bertz CT molecular complexity index is 396. The number of fused-ring (bicyclic) bond motifs is 1. The fourth-order valence-corrected chi connectivity index (χ4v) is 4.16. The quantitative estimate of drug-likeness (QED) is 0.888. The standard InChI is InChI=1S/C14H19NOS/c16-9-11-5-6-15(7-11)8-12-10-17-14-4-2-1-3-13(12)14/h1-4,11-12,16H,5-10H2. The van der Waals surface area contributed by atoms with Crippen LogP contribution in [0.15, 0.2) is 29.2 Å². The summed E-state index contributed by atoms with van der Waals surface area (Å²) in [5.41, 5.74) is 1.53. The molecule has 0 bridgehead atoms. The van der Waals surface area contributed by atoms with Crippen molar-refractivity contribution in [1.29, 1.82) is 0 Å². The lowest BCUT2D eigenvalue weighted by atomic mass is 10.0. The van der Waals surface area contributed by atoms with Crippen LogP contribution in [0, 0.1) is 5.92 Å². The normalized spacial score (nSPS) is 28.5. The monoisotopic (exact) mass is 249 g/mol. The van der Waals surface area contributed by atoms with Gasteiger partial charge >= 0.3 is 0 Å². The van der Waals surface area contributed by atoms with Gasteiger partial charge in [-0.2, -0.15) is 0 Å². The van der Waals surface area contributed by atoms with Gasteiger partial charge < -0.3 is 10.0 Å². The van der Waals surface area contributed by atoms with Gasteiger partial charge in [0.1, 0.15) is 0 Å². The van der Waals surface area contributed by atoms with Crippen LogP contribution in [-0.2, 0) is 0 Å². The van der Waals surface area contributed by atoms with Gasteiger partial charge in [0.2, 0.25) is 0 Å². The minimum atomic E-state index is 0.354. The molecule has 92 valence electrons. The Morgan fingerprint density at radius 2 is 2.24 bits per heavy atom. The molecular weight excluding hydrogens is 230 g/mol. The van der Waals surface area contributed by atoms with Crippen molar-refractivity contribution in [2.24, 2.45) is 5.92 Å². The predicted octanol–water partition coefficient (Wildman–Crippen LogP) is 2.19. The first-order valence-electron chi connectivity index (χ1n) is 6.41. The maximum Gasteiger partial charge on any atom is 0.0471 e. The number of hydrogen-bond acceptors (Lipinski definition) is 3. The molecule has 0 spiro atoms. The highest BCUT2D eigenvalue weighted by Gasteiger charge is 2.28. The summed E-state index contributed by atoms with van der Waals surface area (Å²) in [7, 11) is 0. The number of rotatable bonds is 3. The van der Waals surface area contributed by atoms with E-state index in [0.29, 0.717) is 18.4 Å². The third kappa shape index (κ3) is 2.37. The van der Waals surface area contributed by atoms with Crippen molar-refractivity contribution in [3.63, 3.8) is 0 Å². The van der Waals surface area contributed by atoms with Gasteiger partial charge in [0, 0.05) is 36.3 Å². The molecule has 2 heterocycles. The average Bonchev–Trinajstić information content (AvgIpc) is 2.97. The number of nitrogens with zero attached hydrogens (tertiary/aromatic N) is 1. The molecule has 2 aliphatic rings. The highest BCUT2D eigenvalue weighted by molar-refractivity contribution is 7.99. The zero-order valence-corrected chi connectivity index (χ0v) is 10.8. The van der Waals surface area contributed by atoms with E-state index in [0.717, 1.165) is 19.5 Å². The lowest BCUT2D eigenvalue weighted by molar-refractivity contribution is 0.220. The summed E-state index contributed by atoms with van der Waals surface area (Å²) >= 11 is 1.99. The lowest BCUT2D eigenvalue weighted by Gasteiger charge is -2.20. The van der Waals surface area contributed by atoms with Crippen LogP contribution in [0.3, 0.4) is 0 Å². The minimum absolute atomic E-state index is 0.354. The van der Waals surface area contributed by atoms with E-state index in [1.165, 1.54) is 22.8 Å². The van der Waals surface area contributed by atoms with E-state index in [9.17, 15) is 5.11 Å². The molecule has 1 N–H and O–H groups in total. The smallest absolute Gasteiger partial charge is 0.0471 e. The first-order chi connectivity index (χ1) is 8.36. The van der Waals surface area contributed by atoms with Crippen LogP contribution in [0.4, 0.5) is 0 Å². The third-order valence-electron chi connectivity index (χ3n) is 3.91. The van der Waals surface area contributed by atoms with E-state index in [1.807, 2.05) is 11.8 Å². The lowest BCUT2D eigenvalue weighted by Crippen LogP contribution is -2.27. The third-order valence-corrected chi connectivity index (χ3v) is 5.16. The molecule has 0 saturated carbocycles. The second-order valence-corrected chi connectivity index (χ2v) is 6.20. The summed E-state index contributed by atoms with van der Waals surface area (Å²) < 4.78 is 0. The molecule has 0 aliphatic carbocycles. The first-order valence-corrected chi connectivity index (χ1v) is 7.40. The first kappa shape index (κ1) is 11.6. The van der Waals surface area contributed by atoms with Gasteiger partial charge in [-0.25, -0.2) is 0 Å². The number of aliphatic hydroxyl groups excluding tert-OH is 1. The summed E-state index contributed by atoms with van der Waals surface area (Å²) in [5, 5.41) is 9.17. The zero-order valence-electron chi connectivity index (χ0n) is 10.0. The molecule has 17 heavy (non-hydrogen) atoms. The van der Waals surface area contributed by atoms with Gasteiger partial charge in [-0.05, 0) is 30.5 Å². The largest absolute Gasteiger partial charge is 0.396 e.